The lowest BCUT2D eigenvalue weighted by molar-refractivity contribution is -0.131. The molecule has 0 spiro atoms. The Hall–Kier alpha value is -2.92. The minimum atomic E-state index is -1.05. The van der Waals surface area contributed by atoms with Gasteiger partial charge >= 0.3 is 5.97 Å². The van der Waals surface area contributed by atoms with Gasteiger partial charge in [-0.05, 0) is 35.9 Å². The van der Waals surface area contributed by atoms with Gasteiger partial charge < -0.3 is 19.0 Å². The van der Waals surface area contributed by atoms with Crippen LogP contribution in [0.5, 0.6) is 11.5 Å². The van der Waals surface area contributed by atoms with Crippen LogP contribution in [0.2, 0.25) is 5.02 Å². The number of benzene rings is 2. The molecule has 1 N–H and O–H groups in total. The van der Waals surface area contributed by atoms with E-state index in [0.29, 0.717) is 27.7 Å². The molecule has 1 heterocycles. The average molecular weight is 359 g/mol. The largest absolute Gasteiger partial charge is 0.490 e. The molecule has 0 aliphatic carbocycles. The molecule has 0 saturated carbocycles. The summed E-state index contributed by atoms with van der Waals surface area (Å²) in [7, 11) is 1.51. The Balaban J connectivity index is 2.01. The first-order valence-electron chi connectivity index (χ1n) is 7.45. The Bertz CT molecular complexity index is 925. The van der Waals surface area contributed by atoms with Gasteiger partial charge in [-0.1, -0.05) is 23.7 Å². The predicted molar refractivity (Wildman–Crippen MR) is 95.2 cm³/mol. The van der Waals surface area contributed by atoms with Crippen LogP contribution in [-0.4, -0.2) is 18.2 Å². The summed E-state index contributed by atoms with van der Waals surface area (Å²) in [6, 6.07) is 10.8. The van der Waals surface area contributed by atoms with Crippen LogP contribution in [0.4, 0.5) is 0 Å². The third kappa shape index (κ3) is 3.78. The van der Waals surface area contributed by atoms with Gasteiger partial charge in [-0.3, -0.25) is 0 Å². The van der Waals surface area contributed by atoms with Crippen molar-refractivity contribution in [1.29, 1.82) is 0 Å². The number of methoxy groups -OCH3 is 1. The van der Waals surface area contributed by atoms with Crippen LogP contribution in [-0.2, 0) is 11.4 Å². The van der Waals surface area contributed by atoms with Crippen molar-refractivity contribution in [1.82, 2.24) is 0 Å². The second kappa shape index (κ2) is 7.32. The van der Waals surface area contributed by atoms with Crippen LogP contribution in [0.25, 0.3) is 17.0 Å². The van der Waals surface area contributed by atoms with E-state index >= 15 is 0 Å². The summed E-state index contributed by atoms with van der Waals surface area (Å²) in [6.07, 6.45) is 4.06. The van der Waals surface area contributed by atoms with E-state index in [1.807, 2.05) is 12.1 Å². The lowest BCUT2D eigenvalue weighted by Gasteiger charge is -2.14. The Kier molecular flexibility index (Phi) is 4.95. The summed E-state index contributed by atoms with van der Waals surface area (Å²) < 4.78 is 16.8. The number of halogens is 1. The van der Waals surface area contributed by atoms with E-state index < -0.39 is 5.97 Å². The fourth-order valence-electron chi connectivity index (χ4n) is 2.44. The summed E-state index contributed by atoms with van der Waals surface area (Å²) in [6.45, 7) is 0.271. The molecule has 1 aromatic heterocycles. The zero-order valence-electron chi connectivity index (χ0n) is 13.4. The first kappa shape index (κ1) is 16.9. The molecular formula is C19H15ClO5. The molecular weight excluding hydrogens is 344 g/mol. The van der Waals surface area contributed by atoms with Crippen molar-refractivity contribution in [3.8, 4) is 11.5 Å². The molecule has 0 radical (unpaired) electrons. The molecule has 25 heavy (non-hydrogen) atoms. The Morgan fingerprint density at radius 3 is 2.68 bits per heavy atom. The minimum absolute atomic E-state index is 0.271. The van der Waals surface area contributed by atoms with Crippen molar-refractivity contribution in [2.45, 2.75) is 6.61 Å². The summed E-state index contributed by atoms with van der Waals surface area (Å²) in [5.41, 5.74) is 2.04. The van der Waals surface area contributed by atoms with Gasteiger partial charge in [-0.2, -0.15) is 0 Å². The van der Waals surface area contributed by atoms with Crippen LogP contribution in [0.3, 0.4) is 0 Å². The Labute approximate surface area is 149 Å². The maximum atomic E-state index is 10.9. The van der Waals surface area contributed by atoms with Crippen LogP contribution in [0.15, 0.2) is 53.2 Å². The molecule has 0 bridgehead atoms. The number of hydrogen-bond acceptors (Lipinski definition) is 4. The third-order valence-electron chi connectivity index (χ3n) is 3.59. The monoisotopic (exact) mass is 358 g/mol. The van der Waals surface area contributed by atoms with Crippen molar-refractivity contribution in [3.63, 3.8) is 0 Å². The number of furan rings is 1. The molecule has 2 aromatic carbocycles. The van der Waals surface area contributed by atoms with Gasteiger partial charge in [0.25, 0.3) is 0 Å². The van der Waals surface area contributed by atoms with Crippen LogP contribution in [0, 0.1) is 0 Å². The standard InChI is InChI=1S/C19H15ClO5/c1-23-19-17-14(8-9-24-17)10-13(4-7-16(21)22)18(19)25-11-12-2-5-15(20)6-3-12/h2-10H,11H2,1H3,(H,21,22)/b7-4+. The first-order valence-corrected chi connectivity index (χ1v) is 7.82. The van der Waals surface area contributed by atoms with E-state index in [1.54, 1.807) is 30.5 Å². The second-order valence-corrected chi connectivity index (χ2v) is 5.69. The van der Waals surface area contributed by atoms with E-state index in [4.69, 9.17) is 30.6 Å². The van der Waals surface area contributed by atoms with Crippen molar-refractivity contribution in [2.75, 3.05) is 7.11 Å². The number of carbonyl (C=O) groups is 1. The molecule has 0 unspecified atom stereocenters. The van der Waals surface area contributed by atoms with E-state index in [0.717, 1.165) is 17.0 Å². The van der Waals surface area contributed by atoms with Gasteiger partial charge in [0, 0.05) is 22.0 Å². The maximum Gasteiger partial charge on any atom is 0.328 e. The third-order valence-corrected chi connectivity index (χ3v) is 3.84. The van der Waals surface area contributed by atoms with Gasteiger partial charge in [-0.15, -0.1) is 0 Å². The number of aliphatic carboxylic acids is 1. The number of carboxylic acid groups (broad SMARTS) is 1. The van der Waals surface area contributed by atoms with Crippen LogP contribution in [0.1, 0.15) is 11.1 Å². The highest BCUT2D eigenvalue weighted by molar-refractivity contribution is 6.30. The smallest absolute Gasteiger partial charge is 0.328 e. The molecule has 0 aliphatic heterocycles. The van der Waals surface area contributed by atoms with Crippen molar-refractivity contribution in [2.24, 2.45) is 0 Å². The zero-order valence-corrected chi connectivity index (χ0v) is 14.1. The summed E-state index contributed by atoms with van der Waals surface area (Å²) in [5, 5.41) is 10.3. The molecule has 0 fully saturated rings. The van der Waals surface area contributed by atoms with Gasteiger partial charge in [0.15, 0.2) is 11.3 Å². The summed E-state index contributed by atoms with van der Waals surface area (Å²) in [4.78, 5) is 10.9. The minimum Gasteiger partial charge on any atom is -0.490 e. The van der Waals surface area contributed by atoms with Crippen LogP contribution < -0.4 is 9.47 Å². The molecule has 5 nitrogen and oxygen atoms in total. The van der Waals surface area contributed by atoms with E-state index in [2.05, 4.69) is 0 Å². The Morgan fingerprint density at radius 2 is 2.00 bits per heavy atom. The highest BCUT2D eigenvalue weighted by Gasteiger charge is 2.17. The lowest BCUT2D eigenvalue weighted by Crippen LogP contribution is -2.00. The van der Waals surface area contributed by atoms with E-state index in [9.17, 15) is 4.79 Å². The second-order valence-electron chi connectivity index (χ2n) is 5.25. The fraction of sp³-hybridized carbons (Fsp3) is 0.105. The molecule has 0 aliphatic rings. The van der Waals surface area contributed by atoms with Crippen molar-refractivity contribution in [3.05, 3.63) is 64.9 Å². The molecule has 0 atom stereocenters. The van der Waals surface area contributed by atoms with Crippen molar-refractivity contribution >= 4 is 34.6 Å². The number of hydrogen-bond donors (Lipinski definition) is 1. The maximum absolute atomic E-state index is 10.9. The highest BCUT2D eigenvalue weighted by Crippen LogP contribution is 2.40. The van der Waals surface area contributed by atoms with Gasteiger partial charge in [-0.25, -0.2) is 4.79 Å². The van der Waals surface area contributed by atoms with Gasteiger partial charge in [0.1, 0.15) is 6.61 Å². The summed E-state index contributed by atoms with van der Waals surface area (Å²) in [5.74, 6) is -0.214. The van der Waals surface area contributed by atoms with Gasteiger partial charge in [0.05, 0.1) is 13.4 Å². The van der Waals surface area contributed by atoms with Crippen LogP contribution >= 0.6 is 11.6 Å². The Morgan fingerprint density at radius 1 is 1.24 bits per heavy atom. The SMILES string of the molecule is COc1c(OCc2ccc(Cl)cc2)c(/C=C/C(=O)O)cc2ccoc12. The molecule has 0 amide bonds. The quantitative estimate of drug-likeness (QED) is 0.643. The normalized spacial score (nSPS) is 11.1. The molecule has 3 aromatic rings. The van der Waals surface area contributed by atoms with Gasteiger partial charge in [0.2, 0.25) is 5.75 Å². The summed E-state index contributed by atoms with van der Waals surface area (Å²) >= 11 is 5.89. The first-order chi connectivity index (χ1) is 12.1. The predicted octanol–water partition coefficient (Wildman–Crippen LogP) is 4.77. The topological polar surface area (TPSA) is 68.9 Å². The number of ether oxygens (including phenoxy) is 2. The number of carboxylic acids is 1. The van der Waals surface area contributed by atoms with E-state index in [-0.39, 0.29) is 6.61 Å². The number of rotatable bonds is 6. The van der Waals surface area contributed by atoms with E-state index in [1.165, 1.54) is 13.2 Å². The zero-order chi connectivity index (χ0) is 17.8. The molecule has 6 heteroatoms. The van der Waals surface area contributed by atoms with Crippen molar-refractivity contribution < 1.29 is 23.8 Å². The average Bonchev–Trinajstić information content (AvgIpc) is 3.06. The number of fused-ring (bicyclic) bond motifs is 1. The fourth-order valence-corrected chi connectivity index (χ4v) is 2.57. The highest BCUT2D eigenvalue weighted by atomic mass is 35.5. The molecule has 128 valence electrons. The molecule has 0 saturated heterocycles. The lowest BCUT2D eigenvalue weighted by atomic mass is 10.1. The molecule has 3 rings (SSSR count).